The number of aryl methyl sites for hydroxylation is 1. The summed E-state index contributed by atoms with van der Waals surface area (Å²) in [7, 11) is 0. The van der Waals surface area contributed by atoms with Crippen LogP contribution in [0.3, 0.4) is 0 Å². The van der Waals surface area contributed by atoms with Crippen LogP contribution in [0.15, 0.2) is 47.4 Å². The van der Waals surface area contributed by atoms with Crippen LogP contribution in [0.1, 0.15) is 29.5 Å². The van der Waals surface area contributed by atoms with Gasteiger partial charge in [0.2, 0.25) is 0 Å². The zero-order valence-corrected chi connectivity index (χ0v) is 13.0. The van der Waals surface area contributed by atoms with Gasteiger partial charge in [-0.25, -0.2) is 4.39 Å². The monoisotopic (exact) mass is 301 g/mol. The van der Waals surface area contributed by atoms with Crippen molar-refractivity contribution in [2.75, 3.05) is 0 Å². The van der Waals surface area contributed by atoms with Crippen LogP contribution in [-0.4, -0.2) is 6.04 Å². The molecule has 21 heavy (non-hydrogen) atoms. The second-order valence-electron chi connectivity index (χ2n) is 5.66. The lowest BCUT2D eigenvalue weighted by Gasteiger charge is -2.08. The fourth-order valence-electron chi connectivity index (χ4n) is 2.28. The number of rotatable bonds is 6. The van der Waals surface area contributed by atoms with Crippen LogP contribution in [0.2, 0.25) is 0 Å². The fraction of sp³-hybridized carbons (Fsp3) is 0.333. The van der Waals surface area contributed by atoms with E-state index in [1.54, 1.807) is 12.1 Å². The second kappa shape index (κ2) is 6.63. The predicted molar refractivity (Wildman–Crippen MR) is 87.0 cm³/mol. The molecule has 1 fully saturated rings. The van der Waals surface area contributed by atoms with E-state index in [2.05, 4.69) is 29.6 Å². The molecule has 2 aromatic carbocycles. The molecular formula is C18H20FNS. The van der Waals surface area contributed by atoms with Crippen LogP contribution >= 0.6 is 11.8 Å². The number of nitrogens with one attached hydrogen (secondary N) is 1. The van der Waals surface area contributed by atoms with Crippen LogP contribution in [0.5, 0.6) is 0 Å². The summed E-state index contributed by atoms with van der Waals surface area (Å²) in [5.74, 6) is 0.723. The minimum absolute atomic E-state index is 0.158. The van der Waals surface area contributed by atoms with Crippen molar-refractivity contribution in [3.63, 3.8) is 0 Å². The molecule has 110 valence electrons. The van der Waals surface area contributed by atoms with Gasteiger partial charge in [0.25, 0.3) is 0 Å². The molecule has 1 aliphatic carbocycles. The number of hydrogen-bond donors (Lipinski definition) is 1. The Hall–Kier alpha value is -1.32. The number of hydrogen-bond acceptors (Lipinski definition) is 2. The highest BCUT2D eigenvalue weighted by molar-refractivity contribution is 7.98. The Labute approximate surface area is 130 Å². The van der Waals surface area contributed by atoms with Gasteiger partial charge in [0.15, 0.2) is 0 Å². The molecule has 1 N–H and O–H groups in total. The highest BCUT2D eigenvalue weighted by Crippen LogP contribution is 2.26. The van der Waals surface area contributed by atoms with Gasteiger partial charge in [-0.3, -0.25) is 0 Å². The molecule has 0 atom stereocenters. The van der Waals surface area contributed by atoms with Gasteiger partial charge >= 0.3 is 0 Å². The third-order valence-corrected chi connectivity index (χ3v) is 4.81. The molecular weight excluding hydrogens is 281 g/mol. The molecule has 0 aliphatic heterocycles. The van der Waals surface area contributed by atoms with Crippen LogP contribution in [0, 0.1) is 12.7 Å². The zero-order valence-electron chi connectivity index (χ0n) is 12.2. The maximum absolute atomic E-state index is 13.1. The minimum Gasteiger partial charge on any atom is -0.310 e. The molecule has 0 spiro atoms. The normalized spacial score (nSPS) is 14.4. The van der Waals surface area contributed by atoms with Gasteiger partial charge in [-0.2, -0.15) is 0 Å². The molecule has 0 bridgehead atoms. The largest absolute Gasteiger partial charge is 0.310 e. The lowest BCUT2D eigenvalue weighted by molar-refractivity contribution is 0.626. The van der Waals surface area contributed by atoms with Crippen molar-refractivity contribution < 1.29 is 4.39 Å². The predicted octanol–water partition coefficient (Wildman–Crippen LogP) is 4.68. The van der Waals surface area contributed by atoms with Crippen molar-refractivity contribution in [2.45, 2.75) is 43.0 Å². The van der Waals surface area contributed by atoms with Gasteiger partial charge in [0, 0.05) is 23.2 Å². The lowest BCUT2D eigenvalue weighted by Crippen LogP contribution is -2.15. The van der Waals surface area contributed by atoms with Crippen molar-refractivity contribution in [1.29, 1.82) is 0 Å². The van der Waals surface area contributed by atoms with E-state index in [4.69, 9.17) is 0 Å². The summed E-state index contributed by atoms with van der Waals surface area (Å²) in [4.78, 5) is 1.27. The van der Waals surface area contributed by atoms with Crippen molar-refractivity contribution >= 4 is 11.8 Å². The van der Waals surface area contributed by atoms with Crippen molar-refractivity contribution in [3.8, 4) is 0 Å². The average Bonchev–Trinajstić information content (AvgIpc) is 3.29. The molecule has 1 nitrogen and oxygen atoms in total. The molecule has 3 rings (SSSR count). The first-order chi connectivity index (χ1) is 10.2. The van der Waals surface area contributed by atoms with Crippen LogP contribution in [-0.2, 0) is 12.3 Å². The smallest absolute Gasteiger partial charge is 0.123 e. The Kier molecular flexibility index (Phi) is 4.61. The van der Waals surface area contributed by atoms with Gasteiger partial charge in [-0.05, 0) is 60.7 Å². The van der Waals surface area contributed by atoms with Crippen molar-refractivity contribution in [2.24, 2.45) is 0 Å². The van der Waals surface area contributed by atoms with E-state index in [1.807, 2.05) is 24.8 Å². The standard InChI is InChI=1S/C18H20FNS/c1-13-9-16(19)6-5-15(13)12-21-18-4-2-3-14(10-18)11-20-17-7-8-17/h2-6,9-10,17,20H,7-8,11-12H2,1H3. The Morgan fingerprint density at radius 2 is 2.05 bits per heavy atom. The molecule has 3 heteroatoms. The lowest BCUT2D eigenvalue weighted by atomic mass is 10.1. The number of thioether (sulfide) groups is 1. The number of halogens is 1. The third kappa shape index (κ3) is 4.32. The topological polar surface area (TPSA) is 12.0 Å². The summed E-state index contributed by atoms with van der Waals surface area (Å²) in [6, 6.07) is 14.4. The molecule has 0 heterocycles. The van der Waals surface area contributed by atoms with E-state index in [-0.39, 0.29) is 5.82 Å². The number of benzene rings is 2. The Morgan fingerprint density at radius 3 is 2.81 bits per heavy atom. The van der Waals surface area contributed by atoms with Gasteiger partial charge in [-0.15, -0.1) is 11.8 Å². The summed E-state index contributed by atoms with van der Waals surface area (Å²) >= 11 is 1.81. The Bertz CT molecular complexity index is 622. The van der Waals surface area contributed by atoms with Gasteiger partial charge in [0.1, 0.15) is 5.82 Å². The molecule has 0 amide bonds. The zero-order chi connectivity index (χ0) is 14.7. The first kappa shape index (κ1) is 14.6. The summed E-state index contributed by atoms with van der Waals surface area (Å²) in [6.45, 7) is 2.92. The molecule has 0 saturated heterocycles. The van der Waals surface area contributed by atoms with Gasteiger partial charge in [0.05, 0.1) is 0 Å². The highest BCUT2D eigenvalue weighted by Gasteiger charge is 2.19. The van der Waals surface area contributed by atoms with Crippen molar-refractivity contribution in [3.05, 3.63) is 65.0 Å². The third-order valence-electron chi connectivity index (χ3n) is 3.77. The van der Waals surface area contributed by atoms with E-state index < -0.39 is 0 Å². The Morgan fingerprint density at radius 1 is 1.19 bits per heavy atom. The van der Waals surface area contributed by atoms with Crippen LogP contribution < -0.4 is 5.32 Å². The molecule has 2 aromatic rings. The van der Waals surface area contributed by atoms with E-state index in [0.29, 0.717) is 0 Å². The maximum Gasteiger partial charge on any atom is 0.123 e. The summed E-state index contributed by atoms with van der Waals surface area (Å²) < 4.78 is 13.1. The van der Waals surface area contributed by atoms with E-state index in [0.717, 1.165) is 23.9 Å². The molecule has 1 saturated carbocycles. The molecule has 0 radical (unpaired) electrons. The SMILES string of the molecule is Cc1cc(F)ccc1CSc1cccc(CNC2CC2)c1. The molecule has 0 aromatic heterocycles. The first-order valence-corrected chi connectivity index (χ1v) is 8.39. The first-order valence-electron chi connectivity index (χ1n) is 7.41. The minimum atomic E-state index is -0.158. The summed E-state index contributed by atoms with van der Waals surface area (Å²) in [5.41, 5.74) is 3.56. The Balaban J connectivity index is 1.60. The van der Waals surface area contributed by atoms with E-state index in [1.165, 1.54) is 28.9 Å². The van der Waals surface area contributed by atoms with Crippen LogP contribution in [0.25, 0.3) is 0 Å². The summed E-state index contributed by atoms with van der Waals surface area (Å²) in [5, 5.41) is 3.54. The highest BCUT2D eigenvalue weighted by atomic mass is 32.2. The molecule has 1 aliphatic rings. The van der Waals surface area contributed by atoms with E-state index in [9.17, 15) is 4.39 Å². The van der Waals surface area contributed by atoms with E-state index >= 15 is 0 Å². The fourth-order valence-corrected chi connectivity index (χ4v) is 3.33. The average molecular weight is 301 g/mol. The molecule has 0 unspecified atom stereocenters. The maximum atomic E-state index is 13.1. The van der Waals surface area contributed by atoms with Gasteiger partial charge in [-0.1, -0.05) is 18.2 Å². The van der Waals surface area contributed by atoms with Crippen LogP contribution in [0.4, 0.5) is 4.39 Å². The van der Waals surface area contributed by atoms with Crippen molar-refractivity contribution in [1.82, 2.24) is 5.32 Å². The second-order valence-corrected chi connectivity index (χ2v) is 6.71. The van der Waals surface area contributed by atoms with Gasteiger partial charge < -0.3 is 5.32 Å². The summed E-state index contributed by atoms with van der Waals surface area (Å²) in [6.07, 6.45) is 2.64. The quantitative estimate of drug-likeness (QED) is 0.778.